The van der Waals surface area contributed by atoms with Crippen molar-refractivity contribution >= 4 is 0 Å². The molecular formula is C14H25N3O. The molecule has 0 fully saturated rings. The highest BCUT2D eigenvalue weighted by Gasteiger charge is 2.27. The Morgan fingerprint density at radius 2 is 2.11 bits per heavy atom. The van der Waals surface area contributed by atoms with Crippen LogP contribution in [0.25, 0.3) is 0 Å². The quantitative estimate of drug-likeness (QED) is 0.805. The summed E-state index contributed by atoms with van der Waals surface area (Å²) in [7, 11) is 1.98. The fraction of sp³-hybridized carbons (Fsp3) is 0.643. The molecule has 1 aromatic rings. The fourth-order valence-electron chi connectivity index (χ4n) is 2.25. The van der Waals surface area contributed by atoms with Crippen molar-refractivity contribution in [1.82, 2.24) is 9.88 Å². The van der Waals surface area contributed by atoms with E-state index in [-0.39, 0.29) is 12.1 Å². The summed E-state index contributed by atoms with van der Waals surface area (Å²) in [4.78, 5) is 6.48. The zero-order valence-corrected chi connectivity index (χ0v) is 11.8. The third-order valence-corrected chi connectivity index (χ3v) is 2.98. The average Bonchev–Trinajstić information content (AvgIpc) is 2.28. The van der Waals surface area contributed by atoms with Crippen LogP contribution < -0.4 is 5.73 Å². The zero-order valence-electron chi connectivity index (χ0n) is 11.8. The molecule has 0 aliphatic rings. The van der Waals surface area contributed by atoms with Gasteiger partial charge in [0.2, 0.25) is 0 Å². The first-order valence-electron chi connectivity index (χ1n) is 6.44. The second-order valence-electron chi connectivity index (χ2n) is 5.50. The summed E-state index contributed by atoms with van der Waals surface area (Å²) < 4.78 is 0. The Morgan fingerprint density at radius 1 is 1.44 bits per heavy atom. The SMILES string of the molecule is CCC(N)C(c1ccccn1)N(C)CC(C)(C)O. The van der Waals surface area contributed by atoms with Gasteiger partial charge in [0.1, 0.15) is 0 Å². The van der Waals surface area contributed by atoms with Crippen molar-refractivity contribution in [3.63, 3.8) is 0 Å². The highest BCUT2D eigenvalue weighted by atomic mass is 16.3. The molecule has 0 aliphatic carbocycles. The van der Waals surface area contributed by atoms with Crippen LogP contribution in [-0.2, 0) is 0 Å². The third-order valence-electron chi connectivity index (χ3n) is 2.98. The lowest BCUT2D eigenvalue weighted by molar-refractivity contribution is 0.0260. The summed E-state index contributed by atoms with van der Waals surface area (Å²) >= 11 is 0. The van der Waals surface area contributed by atoms with Gasteiger partial charge in [0, 0.05) is 18.8 Å². The summed E-state index contributed by atoms with van der Waals surface area (Å²) in [5, 5.41) is 9.94. The van der Waals surface area contributed by atoms with Crippen molar-refractivity contribution in [3.8, 4) is 0 Å². The van der Waals surface area contributed by atoms with Crippen LogP contribution in [0.4, 0.5) is 0 Å². The molecule has 0 amide bonds. The van der Waals surface area contributed by atoms with Crippen LogP contribution in [0.2, 0.25) is 0 Å². The Hall–Kier alpha value is -0.970. The van der Waals surface area contributed by atoms with Gasteiger partial charge in [0.05, 0.1) is 17.3 Å². The largest absolute Gasteiger partial charge is 0.389 e. The molecule has 0 saturated heterocycles. The maximum atomic E-state index is 9.94. The number of pyridine rings is 1. The molecule has 0 aliphatic heterocycles. The molecule has 0 radical (unpaired) electrons. The minimum Gasteiger partial charge on any atom is -0.389 e. The predicted molar refractivity (Wildman–Crippen MR) is 74.2 cm³/mol. The molecule has 18 heavy (non-hydrogen) atoms. The maximum absolute atomic E-state index is 9.94. The molecule has 2 unspecified atom stereocenters. The van der Waals surface area contributed by atoms with Crippen LogP contribution in [0, 0.1) is 0 Å². The number of likely N-dealkylation sites (N-methyl/N-ethyl adjacent to an activating group) is 1. The lowest BCUT2D eigenvalue weighted by Crippen LogP contribution is -2.45. The summed E-state index contributed by atoms with van der Waals surface area (Å²) in [6.07, 6.45) is 2.65. The van der Waals surface area contributed by atoms with Gasteiger partial charge >= 0.3 is 0 Å². The number of aromatic nitrogens is 1. The van der Waals surface area contributed by atoms with E-state index in [2.05, 4.69) is 16.8 Å². The molecule has 102 valence electrons. The van der Waals surface area contributed by atoms with Crippen molar-refractivity contribution in [3.05, 3.63) is 30.1 Å². The van der Waals surface area contributed by atoms with E-state index in [1.165, 1.54) is 0 Å². The standard InChI is InChI=1S/C14H25N3O/c1-5-11(15)13(12-8-6-7-9-16-12)17(4)10-14(2,3)18/h6-9,11,13,18H,5,10,15H2,1-4H3. The number of nitrogens with two attached hydrogens (primary N) is 1. The number of hydrogen-bond acceptors (Lipinski definition) is 4. The van der Waals surface area contributed by atoms with Gasteiger partial charge in [-0.25, -0.2) is 0 Å². The van der Waals surface area contributed by atoms with Gasteiger partial charge in [-0.05, 0) is 39.4 Å². The molecule has 4 nitrogen and oxygen atoms in total. The monoisotopic (exact) mass is 251 g/mol. The second-order valence-corrected chi connectivity index (χ2v) is 5.50. The van der Waals surface area contributed by atoms with Gasteiger partial charge in [0.15, 0.2) is 0 Å². The van der Waals surface area contributed by atoms with Gasteiger partial charge in [0.25, 0.3) is 0 Å². The first-order chi connectivity index (χ1) is 8.35. The van der Waals surface area contributed by atoms with E-state index >= 15 is 0 Å². The molecule has 0 aromatic carbocycles. The smallest absolute Gasteiger partial charge is 0.0718 e. The van der Waals surface area contributed by atoms with E-state index in [0.717, 1.165) is 12.1 Å². The van der Waals surface area contributed by atoms with Crippen LogP contribution in [0.1, 0.15) is 38.9 Å². The number of rotatable bonds is 6. The Morgan fingerprint density at radius 3 is 2.56 bits per heavy atom. The minimum absolute atomic E-state index is 0.00671. The van der Waals surface area contributed by atoms with Crippen molar-refractivity contribution in [2.24, 2.45) is 5.73 Å². The van der Waals surface area contributed by atoms with Crippen molar-refractivity contribution < 1.29 is 5.11 Å². The highest BCUT2D eigenvalue weighted by Crippen LogP contribution is 2.23. The van der Waals surface area contributed by atoms with Crippen molar-refractivity contribution in [2.75, 3.05) is 13.6 Å². The molecule has 4 heteroatoms. The Labute approximate surface area is 110 Å². The Kier molecular flexibility index (Phi) is 5.26. The minimum atomic E-state index is -0.741. The molecule has 0 spiro atoms. The van der Waals surface area contributed by atoms with E-state index in [1.807, 2.05) is 25.2 Å². The number of hydrogen-bond donors (Lipinski definition) is 2. The summed E-state index contributed by atoms with van der Waals surface area (Å²) in [6.45, 7) is 6.23. The van der Waals surface area contributed by atoms with Crippen LogP contribution in [0.3, 0.4) is 0 Å². The van der Waals surface area contributed by atoms with Gasteiger partial charge in [-0.15, -0.1) is 0 Å². The van der Waals surface area contributed by atoms with Gasteiger partial charge in [-0.1, -0.05) is 13.0 Å². The topological polar surface area (TPSA) is 62.4 Å². The van der Waals surface area contributed by atoms with E-state index in [4.69, 9.17) is 5.73 Å². The lowest BCUT2D eigenvalue weighted by atomic mass is 9.99. The van der Waals surface area contributed by atoms with Gasteiger partial charge in [-0.3, -0.25) is 9.88 Å². The van der Waals surface area contributed by atoms with E-state index in [1.54, 1.807) is 20.0 Å². The third kappa shape index (κ3) is 4.37. The fourth-order valence-corrected chi connectivity index (χ4v) is 2.25. The second kappa shape index (κ2) is 6.27. The van der Waals surface area contributed by atoms with Crippen LogP contribution in [0.15, 0.2) is 24.4 Å². The van der Waals surface area contributed by atoms with Crippen LogP contribution in [-0.4, -0.2) is 40.2 Å². The summed E-state index contributed by atoms with van der Waals surface area (Å²) in [5.41, 5.74) is 6.42. The molecular weight excluding hydrogens is 226 g/mol. The summed E-state index contributed by atoms with van der Waals surface area (Å²) in [5.74, 6) is 0. The molecule has 1 rings (SSSR count). The normalized spacial score (nSPS) is 15.7. The van der Waals surface area contributed by atoms with E-state index in [9.17, 15) is 5.11 Å². The first kappa shape index (κ1) is 15.1. The molecule has 2 atom stereocenters. The van der Waals surface area contributed by atoms with E-state index < -0.39 is 5.60 Å². The Bertz CT molecular complexity index is 348. The zero-order chi connectivity index (χ0) is 13.8. The maximum Gasteiger partial charge on any atom is 0.0718 e. The van der Waals surface area contributed by atoms with Crippen LogP contribution >= 0.6 is 0 Å². The average molecular weight is 251 g/mol. The predicted octanol–water partition coefficient (Wildman–Crippen LogP) is 1.56. The molecule has 0 saturated carbocycles. The van der Waals surface area contributed by atoms with Crippen molar-refractivity contribution in [1.29, 1.82) is 0 Å². The van der Waals surface area contributed by atoms with Gasteiger partial charge in [-0.2, -0.15) is 0 Å². The Balaban J connectivity index is 2.92. The number of aliphatic hydroxyl groups is 1. The molecule has 3 N–H and O–H groups in total. The first-order valence-corrected chi connectivity index (χ1v) is 6.44. The highest BCUT2D eigenvalue weighted by molar-refractivity contribution is 5.11. The summed E-state index contributed by atoms with van der Waals surface area (Å²) in [6, 6.07) is 5.89. The lowest BCUT2D eigenvalue weighted by Gasteiger charge is -2.35. The van der Waals surface area contributed by atoms with Gasteiger partial charge < -0.3 is 10.8 Å². The molecule has 1 heterocycles. The van der Waals surface area contributed by atoms with Crippen LogP contribution in [0.5, 0.6) is 0 Å². The molecule has 0 bridgehead atoms. The number of nitrogens with zero attached hydrogens (tertiary/aromatic N) is 2. The van der Waals surface area contributed by atoms with E-state index in [0.29, 0.717) is 6.54 Å². The van der Waals surface area contributed by atoms with Crippen molar-refractivity contribution in [2.45, 2.75) is 44.9 Å². The molecule has 1 aromatic heterocycles.